The maximum atomic E-state index is 12.3. The maximum Gasteiger partial charge on any atom is 0.490 e. The molecule has 186 valence electrons. The second-order valence-electron chi connectivity index (χ2n) is 8.21. The van der Waals surface area contributed by atoms with Crippen LogP contribution in [0.4, 0.5) is 19.0 Å². The number of aromatic nitrogens is 3. The van der Waals surface area contributed by atoms with Gasteiger partial charge in [0.25, 0.3) is 0 Å². The average molecular weight is 491 g/mol. The summed E-state index contributed by atoms with van der Waals surface area (Å²) >= 11 is 0. The lowest BCUT2D eigenvalue weighted by atomic mass is 10.1. The molecule has 1 aromatic carbocycles. The zero-order chi connectivity index (χ0) is 25.2. The Balaban J connectivity index is 0.000000364. The lowest BCUT2D eigenvalue weighted by Gasteiger charge is -2.35. The quantitative estimate of drug-likeness (QED) is 0.599. The molecule has 1 N–H and O–H groups in total. The number of hydrogen-bond acceptors (Lipinski definition) is 6. The highest BCUT2D eigenvalue weighted by Crippen LogP contribution is 2.32. The number of piperazine rings is 1. The van der Waals surface area contributed by atoms with Crippen LogP contribution in [-0.2, 0) is 9.59 Å². The van der Waals surface area contributed by atoms with E-state index in [1.165, 1.54) is 0 Å². The van der Waals surface area contributed by atoms with E-state index in [9.17, 15) is 18.0 Å². The number of halogens is 3. The first kappa shape index (κ1) is 24.3. The first-order valence-corrected chi connectivity index (χ1v) is 11.0. The molecule has 1 aliphatic carbocycles. The van der Waals surface area contributed by atoms with Crippen molar-refractivity contribution in [2.45, 2.75) is 19.0 Å². The van der Waals surface area contributed by atoms with E-state index in [2.05, 4.69) is 19.3 Å². The van der Waals surface area contributed by atoms with Crippen molar-refractivity contribution in [2.75, 3.05) is 38.2 Å². The minimum Gasteiger partial charge on any atom is -0.497 e. The van der Waals surface area contributed by atoms with Gasteiger partial charge in [-0.25, -0.2) is 14.8 Å². The molecule has 1 amide bonds. The molecule has 0 bridgehead atoms. The van der Waals surface area contributed by atoms with Crippen LogP contribution in [0.25, 0.3) is 16.9 Å². The number of anilines is 1. The molecule has 3 heterocycles. The Morgan fingerprint density at radius 3 is 2.40 bits per heavy atom. The number of alkyl halides is 3. The van der Waals surface area contributed by atoms with Crippen LogP contribution in [0, 0.1) is 5.92 Å². The van der Waals surface area contributed by atoms with Crippen LogP contribution in [0.3, 0.4) is 0 Å². The maximum absolute atomic E-state index is 12.3. The normalized spacial score (nSPS) is 16.0. The van der Waals surface area contributed by atoms with Gasteiger partial charge in [-0.05, 0) is 25.0 Å². The molecule has 1 saturated carbocycles. The van der Waals surface area contributed by atoms with E-state index >= 15 is 0 Å². The third-order valence-electron chi connectivity index (χ3n) is 5.83. The zero-order valence-electron chi connectivity index (χ0n) is 18.9. The van der Waals surface area contributed by atoms with Crippen molar-refractivity contribution in [3.8, 4) is 17.0 Å². The van der Waals surface area contributed by atoms with Crippen LogP contribution >= 0.6 is 0 Å². The number of aliphatic carboxylic acids is 1. The third kappa shape index (κ3) is 5.47. The van der Waals surface area contributed by atoms with Crippen molar-refractivity contribution in [3.05, 3.63) is 42.9 Å². The largest absolute Gasteiger partial charge is 0.497 e. The molecule has 12 heteroatoms. The minimum atomic E-state index is -5.08. The Kier molecular flexibility index (Phi) is 6.81. The number of fused-ring (bicyclic) bond motifs is 1. The van der Waals surface area contributed by atoms with Gasteiger partial charge in [0.1, 0.15) is 5.75 Å². The third-order valence-corrected chi connectivity index (χ3v) is 5.83. The number of amides is 1. The smallest absolute Gasteiger partial charge is 0.490 e. The fourth-order valence-corrected chi connectivity index (χ4v) is 3.85. The van der Waals surface area contributed by atoms with E-state index in [1.54, 1.807) is 7.11 Å². The number of carbonyl (C=O) groups is 2. The minimum absolute atomic E-state index is 0.283. The standard InChI is InChI=1S/C21H23N5O2.C2HF3O2/c1-28-17-4-2-3-16(13-17)18-14-23-20-19(22-7-8-26(18)20)24-9-11-25(12-10-24)21(27)15-5-6-15;3-2(4,5)1(6)7/h2-4,7-8,13-15H,5-6,9-12H2,1H3;(H,6,7). The summed E-state index contributed by atoms with van der Waals surface area (Å²) in [6, 6.07) is 7.97. The van der Waals surface area contributed by atoms with Crippen molar-refractivity contribution in [2.24, 2.45) is 5.92 Å². The fraction of sp³-hybridized carbons (Fsp3) is 0.391. The SMILES string of the molecule is COc1cccc(-c2cnc3c(N4CCN(C(=O)C5CC5)CC4)nccn23)c1.O=C(O)C(F)(F)F. The van der Waals surface area contributed by atoms with Crippen molar-refractivity contribution in [1.82, 2.24) is 19.3 Å². The molecule has 1 aliphatic heterocycles. The molecule has 2 aromatic heterocycles. The molecule has 2 aliphatic rings. The van der Waals surface area contributed by atoms with Crippen molar-refractivity contribution in [1.29, 1.82) is 0 Å². The highest BCUT2D eigenvalue weighted by atomic mass is 19.4. The summed E-state index contributed by atoms with van der Waals surface area (Å²) in [7, 11) is 1.67. The van der Waals surface area contributed by atoms with Gasteiger partial charge in [-0.15, -0.1) is 0 Å². The molecule has 35 heavy (non-hydrogen) atoms. The van der Waals surface area contributed by atoms with Gasteiger partial charge in [0, 0.05) is 50.1 Å². The van der Waals surface area contributed by atoms with Crippen LogP contribution in [0.15, 0.2) is 42.9 Å². The van der Waals surface area contributed by atoms with E-state index in [-0.39, 0.29) is 5.92 Å². The van der Waals surface area contributed by atoms with Gasteiger partial charge in [0.2, 0.25) is 5.91 Å². The Morgan fingerprint density at radius 2 is 1.80 bits per heavy atom. The van der Waals surface area contributed by atoms with Crippen LogP contribution < -0.4 is 9.64 Å². The second kappa shape index (κ2) is 9.80. The Hall–Kier alpha value is -3.83. The molecular weight excluding hydrogens is 467 g/mol. The Labute approximate surface area is 198 Å². The summed E-state index contributed by atoms with van der Waals surface area (Å²) in [5, 5.41) is 7.12. The molecule has 0 atom stereocenters. The molecular formula is C23H24F3N5O4. The number of ether oxygens (including phenoxy) is 1. The van der Waals surface area contributed by atoms with Gasteiger partial charge in [0.15, 0.2) is 11.5 Å². The Morgan fingerprint density at radius 1 is 1.11 bits per heavy atom. The predicted octanol–water partition coefficient (Wildman–Crippen LogP) is 3.10. The highest BCUT2D eigenvalue weighted by molar-refractivity contribution is 5.81. The number of carboxylic acids is 1. The molecule has 0 unspecified atom stereocenters. The van der Waals surface area contributed by atoms with Crippen LogP contribution in [0.1, 0.15) is 12.8 Å². The number of methoxy groups -OCH3 is 1. The fourth-order valence-electron chi connectivity index (χ4n) is 3.85. The number of nitrogens with zero attached hydrogens (tertiary/aromatic N) is 5. The lowest BCUT2D eigenvalue weighted by molar-refractivity contribution is -0.192. The zero-order valence-corrected chi connectivity index (χ0v) is 18.9. The number of hydrogen-bond donors (Lipinski definition) is 1. The molecule has 0 spiro atoms. The number of carbonyl (C=O) groups excluding carboxylic acids is 1. The number of benzene rings is 1. The summed E-state index contributed by atoms with van der Waals surface area (Å²) in [4.78, 5) is 34.7. The molecule has 2 fully saturated rings. The average Bonchev–Trinajstić information content (AvgIpc) is 3.61. The number of imidazole rings is 1. The van der Waals surface area contributed by atoms with E-state index in [4.69, 9.17) is 14.6 Å². The summed E-state index contributed by atoms with van der Waals surface area (Å²) in [5.74, 6) is -0.460. The second-order valence-corrected chi connectivity index (χ2v) is 8.21. The van der Waals surface area contributed by atoms with Crippen molar-refractivity contribution >= 4 is 23.3 Å². The summed E-state index contributed by atoms with van der Waals surface area (Å²) in [5.41, 5.74) is 2.88. The monoisotopic (exact) mass is 491 g/mol. The molecule has 0 radical (unpaired) electrons. The number of carboxylic acid groups (broad SMARTS) is 1. The lowest BCUT2D eigenvalue weighted by Crippen LogP contribution is -2.49. The van der Waals surface area contributed by atoms with E-state index in [0.717, 1.165) is 67.5 Å². The predicted molar refractivity (Wildman–Crippen MR) is 120 cm³/mol. The topological polar surface area (TPSA) is 100 Å². The van der Waals surface area contributed by atoms with Gasteiger partial charge >= 0.3 is 12.1 Å². The molecule has 1 saturated heterocycles. The van der Waals surface area contributed by atoms with Crippen LogP contribution in [0.5, 0.6) is 5.75 Å². The molecule has 9 nitrogen and oxygen atoms in total. The summed E-state index contributed by atoms with van der Waals surface area (Å²) in [6.07, 6.45) is 2.66. The van der Waals surface area contributed by atoms with E-state index in [1.807, 2.05) is 47.8 Å². The van der Waals surface area contributed by atoms with Gasteiger partial charge < -0.3 is 19.6 Å². The van der Waals surface area contributed by atoms with Crippen LogP contribution in [0.2, 0.25) is 0 Å². The summed E-state index contributed by atoms with van der Waals surface area (Å²) < 4.78 is 39.2. The highest BCUT2D eigenvalue weighted by Gasteiger charge is 2.38. The Bertz CT molecular complexity index is 1220. The van der Waals surface area contributed by atoms with Gasteiger partial charge in [-0.2, -0.15) is 13.2 Å². The number of rotatable bonds is 4. The van der Waals surface area contributed by atoms with Gasteiger partial charge in [-0.3, -0.25) is 9.20 Å². The van der Waals surface area contributed by atoms with Crippen molar-refractivity contribution in [3.63, 3.8) is 0 Å². The van der Waals surface area contributed by atoms with Crippen LogP contribution in [-0.4, -0.2) is 75.7 Å². The van der Waals surface area contributed by atoms with E-state index < -0.39 is 12.1 Å². The molecule has 3 aromatic rings. The van der Waals surface area contributed by atoms with Crippen molar-refractivity contribution < 1.29 is 32.6 Å². The van der Waals surface area contributed by atoms with E-state index in [0.29, 0.717) is 5.91 Å². The van der Waals surface area contributed by atoms with Gasteiger partial charge in [-0.1, -0.05) is 12.1 Å². The molecule has 5 rings (SSSR count). The first-order valence-electron chi connectivity index (χ1n) is 11.0. The first-order chi connectivity index (χ1) is 16.7. The summed E-state index contributed by atoms with van der Waals surface area (Å²) in [6.45, 7) is 3.07. The van der Waals surface area contributed by atoms with Gasteiger partial charge in [0.05, 0.1) is 19.0 Å².